The molecule has 1 aromatic rings. The van der Waals surface area contributed by atoms with Gasteiger partial charge in [-0.25, -0.2) is 0 Å². The molecular weight excluding hydrogens is 146 g/mol. The van der Waals surface area contributed by atoms with Crippen molar-refractivity contribution < 1.29 is 0 Å². The van der Waals surface area contributed by atoms with E-state index in [-0.39, 0.29) is 0 Å². The molecule has 1 rings (SSSR count). The van der Waals surface area contributed by atoms with Crippen molar-refractivity contribution in [1.82, 2.24) is 4.57 Å². The first kappa shape index (κ1) is 9.37. The Kier molecular flexibility index (Phi) is 2.96. The van der Waals surface area contributed by atoms with Crippen LogP contribution in [-0.2, 0) is 6.54 Å². The lowest BCUT2D eigenvalue weighted by Crippen LogP contribution is -2.05. The molecule has 0 spiro atoms. The standard InChI is InChI=1S/C11H19N/c1-5-8-12-10(4)6-7-11(12)9(2)3/h6-7,9H,5,8H2,1-4H3. The third kappa shape index (κ3) is 1.71. The van der Waals surface area contributed by atoms with Gasteiger partial charge in [0.2, 0.25) is 0 Å². The van der Waals surface area contributed by atoms with Gasteiger partial charge in [0.05, 0.1) is 0 Å². The molecule has 0 aromatic carbocycles. The monoisotopic (exact) mass is 165 g/mol. The van der Waals surface area contributed by atoms with Gasteiger partial charge in [-0.1, -0.05) is 20.8 Å². The number of hydrogen-bond acceptors (Lipinski definition) is 0. The zero-order valence-electron chi connectivity index (χ0n) is 8.59. The van der Waals surface area contributed by atoms with Crippen molar-refractivity contribution in [2.75, 3.05) is 0 Å². The highest BCUT2D eigenvalue weighted by Crippen LogP contribution is 2.18. The minimum atomic E-state index is 0.644. The van der Waals surface area contributed by atoms with Crippen LogP contribution in [0.2, 0.25) is 0 Å². The van der Waals surface area contributed by atoms with E-state index in [9.17, 15) is 0 Å². The van der Waals surface area contributed by atoms with Crippen molar-refractivity contribution in [3.8, 4) is 0 Å². The van der Waals surface area contributed by atoms with Gasteiger partial charge in [-0.3, -0.25) is 0 Å². The Morgan fingerprint density at radius 3 is 2.50 bits per heavy atom. The number of aryl methyl sites for hydroxylation is 1. The maximum atomic E-state index is 2.42. The lowest BCUT2D eigenvalue weighted by atomic mass is 10.1. The maximum Gasteiger partial charge on any atom is 0.0222 e. The first-order valence-corrected chi connectivity index (χ1v) is 4.82. The summed E-state index contributed by atoms with van der Waals surface area (Å²) in [7, 11) is 0. The molecule has 0 unspecified atom stereocenters. The Hall–Kier alpha value is -0.720. The van der Waals surface area contributed by atoms with Crippen LogP contribution in [0.15, 0.2) is 12.1 Å². The fourth-order valence-corrected chi connectivity index (χ4v) is 1.62. The van der Waals surface area contributed by atoms with Crippen molar-refractivity contribution in [1.29, 1.82) is 0 Å². The normalized spacial score (nSPS) is 11.1. The van der Waals surface area contributed by atoms with Crippen LogP contribution in [0.4, 0.5) is 0 Å². The second-order valence-electron chi connectivity index (χ2n) is 3.71. The summed E-state index contributed by atoms with van der Waals surface area (Å²) in [6, 6.07) is 4.46. The van der Waals surface area contributed by atoms with Crippen molar-refractivity contribution >= 4 is 0 Å². The van der Waals surface area contributed by atoms with E-state index in [1.165, 1.54) is 17.8 Å². The SMILES string of the molecule is CCCn1c(C)ccc1C(C)C. The number of hydrogen-bond donors (Lipinski definition) is 0. The summed E-state index contributed by atoms with van der Waals surface area (Å²) in [6.07, 6.45) is 1.22. The smallest absolute Gasteiger partial charge is 0.0222 e. The highest BCUT2D eigenvalue weighted by atomic mass is 15.0. The topological polar surface area (TPSA) is 4.93 Å². The van der Waals surface area contributed by atoms with Gasteiger partial charge in [0.15, 0.2) is 0 Å². The highest BCUT2D eigenvalue weighted by molar-refractivity contribution is 5.17. The first-order valence-electron chi connectivity index (χ1n) is 4.82. The Bertz CT molecular complexity index is 246. The number of rotatable bonds is 3. The van der Waals surface area contributed by atoms with Gasteiger partial charge in [-0.15, -0.1) is 0 Å². The summed E-state index contributed by atoms with van der Waals surface area (Å²) in [5, 5.41) is 0. The summed E-state index contributed by atoms with van der Waals surface area (Å²) >= 11 is 0. The molecule has 0 atom stereocenters. The number of nitrogens with zero attached hydrogens (tertiary/aromatic N) is 1. The molecule has 0 amide bonds. The lowest BCUT2D eigenvalue weighted by molar-refractivity contribution is 0.611. The van der Waals surface area contributed by atoms with Crippen LogP contribution < -0.4 is 0 Å². The third-order valence-electron chi connectivity index (χ3n) is 2.27. The van der Waals surface area contributed by atoms with Crippen molar-refractivity contribution in [2.24, 2.45) is 0 Å². The third-order valence-corrected chi connectivity index (χ3v) is 2.27. The van der Waals surface area contributed by atoms with Crippen LogP contribution in [0.3, 0.4) is 0 Å². The molecule has 0 fully saturated rings. The Balaban J connectivity index is 2.95. The summed E-state index contributed by atoms with van der Waals surface area (Å²) in [5.41, 5.74) is 2.86. The predicted octanol–water partition coefficient (Wildman–Crippen LogP) is 3.33. The van der Waals surface area contributed by atoms with Crippen LogP contribution in [0, 0.1) is 6.92 Å². The molecule has 1 heterocycles. The van der Waals surface area contributed by atoms with E-state index in [1.54, 1.807) is 0 Å². The van der Waals surface area contributed by atoms with Gasteiger partial charge in [0.1, 0.15) is 0 Å². The van der Waals surface area contributed by atoms with Gasteiger partial charge >= 0.3 is 0 Å². The van der Waals surface area contributed by atoms with Crippen molar-refractivity contribution in [3.63, 3.8) is 0 Å². The molecule has 0 saturated carbocycles. The molecule has 1 aromatic heterocycles. The molecule has 0 N–H and O–H groups in total. The molecule has 1 heteroatoms. The second-order valence-corrected chi connectivity index (χ2v) is 3.71. The average molecular weight is 165 g/mol. The van der Waals surface area contributed by atoms with Crippen molar-refractivity contribution in [3.05, 3.63) is 23.5 Å². The Morgan fingerprint density at radius 2 is 2.00 bits per heavy atom. The zero-order chi connectivity index (χ0) is 9.14. The van der Waals surface area contributed by atoms with Crippen molar-refractivity contribution in [2.45, 2.75) is 46.6 Å². The molecule has 68 valence electrons. The second kappa shape index (κ2) is 3.79. The van der Waals surface area contributed by atoms with Crippen LogP contribution in [0.1, 0.15) is 44.5 Å². The van der Waals surface area contributed by atoms with E-state index >= 15 is 0 Å². The molecule has 0 saturated heterocycles. The molecule has 0 radical (unpaired) electrons. The van der Waals surface area contributed by atoms with Gasteiger partial charge in [0.25, 0.3) is 0 Å². The molecule has 0 aliphatic rings. The fraction of sp³-hybridized carbons (Fsp3) is 0.636. The minimum Gasteiger partial charge on any atom is -0.349 e. The lowest BCUT2D eigenvalue weighted by Gasteiger charge is -2.12. The highest BCUT2D eigenvalue weighted by Gasteiger charge is 2.06. The molecule has 0 aliphatic heterocycles. The molecular formula is C11H19N. The van der Waals surface area contributed by atoms with E-state index in [0.29, 0.717) is 5.92 Å². The van der Waals surface area contributed by atoms with E-state index < -0.39 is 0 Å². The zero-order valence-corrected chi connectivity index (χ0v) is 8.59. The van der Waals surface area contributed by atoms with Crippen LogP contribution in [0.5, 0.6) is 0 Å². The Labute approximate surface area is 75.4 Å². The number of aromatic nitrogens is 1. The van der Waals surface area contributed by atoms with Gasteiger partial charge in [-0.05, 0) is 31.4 Å². The Morgan fingerprint density at radius 1 is 1.33 bits per heavy atom. The van der Waals surface area contributed by atoms with Gasteiger partial charge in [-0.2, -0.15) is 0 Å². The summed E-state index contributed by atoms with van der Waals surface area (Å²) < 4.78 is 2.42. The quantitative estimate of drug-likeness (QED) is 0.647. The van der Waals surface area contributed by atoms with Crippen LogP contribution in [0.25, 0.3) is 0 Å². The summed E-state index contributed by atoms with van der Waals surface area (Å²) in [6.45, 7) is 10.1. The average Bonchev–Trinajstić information content (AvgIpc) is 2.34. The van der Waals surface area contributed by atoms with E-state index in [4.69, 9.17) is 0 Å². The van der Waals surface area contributed by atoms with Gasteiger partial charge in [0, 0.05) is 17.9 Å². The van der Waals surface area contributed by atoms with Crippen LogP contribution in [-0.4, -0.2) is 4.57 Å². The summed E-state index contributed by atoms with van der Waals surface area (Å²) in [5.74, 6) is 0.644. The molecule has 12 heavy (non-hydrogen) atoms. The summed E-state index contributed by atoms with van der Waals surface area (Å²) in [4.78, 5) is 0. The fourth-order valence-electron chi connectivity index (χ4n) is 1.62. The van der Waals surface area contributed by atoms with E-state index in [1.807, 2.05) is 0 Å². The maximum absolute atomic E-state index is 2.42. The largest absolute Gasteiger partial charge is 0.349 e. The first-order chi connectivity index (χ1) is 5.66. The van der Waals surface area contributed by atoms with Crippen LogP contribution >= 0.6 is 0 Å². The predicted molar refractivity (Wildman–Crippen MR) is 53.5 cm³/mol. The molecule has 0 bridgehead atoms. The van der Waals surface area contributed by atoms with E-state index in [2.05, 4.69) is 44.4 Å². The minimum absolute atomic E-state index is 0.644. The van der Waals surface area contributed by atoms with E-state index in [0.717, 1.165) is 6.54 Å². The van der Waals surface area contributed by atoms with Gasteiger partial charge < -0.3 is 4.57 Å². The molecule has 1 nitrogen and oxygen atoms in total. The molecule has 0 aliphatic carbocycles.